The number of carboxylic acid groups (broad SMARTS) is 1. The molecule has 1 aromatic rings. The Hall–Kier alpha value is -1.42. The SMILES string of the molecule is CCCCCN(Cc1cccc(C(=O)O)n1)C(C)C. The first-order valence-corrected chi connectivity index (χ1v) is 6.97. The molecule has 0 unspecified atom stereocenters. The fourth-order valence-electron chi connectivity index (χ4n) is 1.98. The molecule has 1 rings (SSSR count). The first-order valence-electron chi connectivity index (χ1n) is 6.97. The maximum absolute atomic E-state index is 10.9. The number of aromatic nitrogens is 1. The van der Waals surface area contributed by atoms with Crippen molar-refractivity contribution in [3.05, 3.63) is 29.6 Å². The molecule has 0 spiro atoms. The van der Waals surface area contributed by atoms with Gasteiger partial charge >= 0.3 is 5.97 Å². The quantitative estimate of drug-likeness (QED) is 0.733. The lowest BCUT2D eigenvalue weighted by molar-refractivity contribution is 0.0690. The average molecular weight is 264 g/mol. The van der Waals surface area contributed by atoms with E-state index in [1.165, 1.54) is 25.3 Å². The summed E-state index contributed by atoms with van der Waals surface area (Å²) in [5.74, 6) is -0.969. The molecule has 0 aliphatic carbocycles. The van der Waals surface area contributed by atoms with Crippen LogP contribution in [0.4, 0.5) is 0 Å². The lowest BCUT2D eigenvalue weighted by Crippen LogP contribution is -2.31. The van der Waals surface area contributed by atoms with Crippen molar-refractivity contribution >= 4 is 5.97 Å². The molecule has 0 saturated carbocycles. The van der Waals surface area contributed by atoms with E-state index < -0.39 is 5.97 Å². The molecular weight excluding hydrogens is 240 g/mol. The Kier molecular flexibility index (Phi) is 6.50. The third-order valence-corrected chi connectivity index (χ3v) is 3.17. The second-order valence-corrected chi connectivity index (χ2v) is 5.09. The topological polar surface area (TPSA) is 53.4 Å². The van der Waals surface area contributed by atoms with E-state index in [1.807, 2.05) is 6.07 Å². The van der Waals surface area contributed by atoms with Crippen LogP contribution >= 0.6 is 0 Å². The van der Waals surface area contributed by atoms with E-state index in [-0.39, 0.29) is 5.69 Å². The van der Waals surface area contributed by atoms with Crippen LogP contribution < -0.4 is 0 Å². The number of unbranched alkanes of at least 4 members (excludes halogenated alkanes) is 2. The molecule has 1 aromatic heterocycles. The Labute approximate surface area is 115 Å². The summed E-state index contributed by atoms with van der Waals surface area (Å²) in [6, 6.07) is 5.62. The van der Waals surface area contributed by atoms with Crippen LogP contribution in [0, 0.1) is 0 Å². The van der Waals surface area contributed by atoms with Crippen molar-refractivity contribution in [3.63, 3.8) is 0 Å². The summed E-state index contributed by atoms with van der Waals surface area (Å²) >= 11 is 0. The Morgan fingerprint density at radius 3 is 2.68 bits per heavy atom. The standard InChI is InChI=1S/C15H24N2O2/c1-4-5-6-10-17(12(2)3)11-13-8-7-9-14(16-13)15(18)19/h7-9,12H,4-6,10-11H2,1-3H3,(H,18,19). The molecule has 0 aliphatic heterocycles. The van der Waals surface area contributed by atoms with Crippen molar-refractivity contribution in [1.29, 1.82) is 0 Å². The molecule has 0 fully saturated rings. The molecule has 19 heavy (non-hydrogen) atoms. The first kappa shape index (κ1) is 15.6. The minimum absolute atomic E-state index is 0.120. The zero-order valence-electron chi connectivity index (χ0n) is 12.1. The van der Waals surface area contributed by atoms with Crippen LogP contribution in [0.15, 0.2) is 18.2 Å². The van der Waals surface area contributed by atoms with Crippen LogP contribution in [0.2, 0.25) is 0 Å². The van der Waals surface area contributed by atoms with Crippen molar-refractivity contribution in [1.82, 2.24) is 9.88 Å². The van der Waals surface area contributed by atoms with Gasteiger partial charge in [0, 0.05) is 12.6 Å². The molecule has 0 radical (unpaired) electrons. The Bertz CT molecular complexity index is 405. The lowest BCUT2D eigenvalue weighted by Gasteiger charge is -2.26. The third kappa shape index (κ3) is 5.39. The maximum atomic E-state index is 10.9. The number of carbonyl (C=O) groups is 1. The van der Waals surface area contributed by atoms with Crippen LogP contribution in [0.25, 0.3) is 0 Å². The average Bonchev–Trinajstić information content (AvgIpc) is 2.38. The lowest BCUT2D eigenvalue weighted by atomic mass is 10.2. The fourth-order valence-corrected chi connectivity index (χ4v) is 1.98. The summed E-state index contributed by atoms with van der Waals surface area (Å²) in [6.07, 6.45) is 3.61. The summed E-state index contributed by atoms with van der Waals surface area (Å²) in [5.41, 5.74) is 0.944. The third-order valence-electron chi connectivity index (χ3n) is 3.17. The van der Waals surface area contributed by atoms with E-state index in [0.717, 1.165) is 12.2 Å². The molecule has 1 heterocycles. The fraction of sp³-hybridized carbons (Fsp3) is 0.600. The predicted octanol–water partition coefficient (Wildman–Crippen LogP) is 3.18. The van der Waals surface area contributed by atoms with Crippen molar-refractivity contribution in [2.24, 2.45) is 0 Å². The van der Waals surface area contributed by atoms with Gasteiger partial charge in [0.25, 0.3) is 0 Å². The number of carboxylic acids is 1. The number of hydrogen-bond acceptors (Lipinski definition) is 3. The highest BCUT2D eigenvalue weighted by Crippen LogP contribution is 2.09. The summed E-state index contributed by atoms with van der Waals surface area (Å²) in [5, 5.41) is 8.95. The minimum atomic E-state index is -0.969. The number of aromatic carboxylic acids is 1. The number of rotatable bonds is 8. The number of hydrogen-bond donors (Lipinski definition) is 1. The van der Waals surface area contributed by atoms with Gasteiger partial charge in [-0.2, -0.15) is 0 Å². The van der Waals surface area contributed by atoms with Gasteiger partial charge in [0.1, 0.15) is 5.69 Å². The highest BCUT2D eigenvalue weighted by Gasteiger charge is 2.12. The van der Waals surface area contributed by atoms with Crippen molar-refractivity contribution in [2.75, 3.05) is 6.54 Å². The molecule has 0 aromatic carbocycles. The van der Waals surface area contributed by atoms with Crippen molar-refractivity contribution in [3.8, 4) is 0 Å². The molecule has 0 saturated heterocycles. The van der Waals surface area contributed by atoms with Gasteiger partial charge < -0.3 is 5.11 Å². The van der Waals surface area contributed by atoms with E-state index in [9.17, 15) is 4.79 Å². The van der Waals surface area contributed by atoms with E-state index in [2.05, 4.69) is 30.7 Å². The maximum Gasteiger partial charge on any atom is 0.354 e. The molecular formula is C15H24N2O2. The van der Waals surface area contributed by atoms with E-state index in [0.29, 0.717) is 12.6 Å². The van der Waals surface area contributed by atoms with Crippen LogP contribution in [0.5, 0.6) is 0 Å². The zero-order valence-corrected chi connectivity index (χ0v) is 12.1. The van der Waals surface area contributed by atoms with Gasteiger partial charge in [-0.05, 0) is 38.9 Å². The van der Waals surface area contributed by atoms with Crippen molar-refractivity contribution < 1.29 is 9.90 Å². The van der Waals surface area contributed by atoms with Gasteiger partial charge in [0.15, 0.2) is 0 Å². The monoisotopic (exact) mass is 264 g/mol. The van der Waals surface area contributed by atoms with E-state index in [4.69, 9.17) is 5.11 Å². The van der Waals surface area contributed by atoms with Crippen LogP contribution in [-0.2, 0) is 6.54 Å². The van der Waals surface area contributed by atoms with Gasteiger partial charge in [-0.1, -0.05) is 25.8 Å². The Morgan fingerprint density at radius 1 is 1.37 bits per heavy atom. The minimum Gasteiger partial charge on any atom is -0.477 e. The van der Waals surface area contributed by atoms with Gasteiger partial charge in [0.2, 0.25) is 0 Å². The summed E-state index contributed by atoms with van der Waals surface area (Å²) in [6.45, 7) is 8.25. The molecule has 0 bridgehead atoms. The molecule has 0 atom stereocenters. The van der Waals surface area contributed by atoms with Crippen LogP contribution in [0.1, 0.15) is 56.2 Å². The zero-order chi connectivity index (χ0) is 14.3. The predicted molar refractivity (Wildman–Crippen MR) is 76.3 cm³/mol. The van der Waals surface area contributed by atoms with Crippen LogP contribution in [-0.4, -0.2) is 33.5 Å². The van der Waals surface area contributed by atoms with Gasteiger partial charge in [-0.3, -0.25) is 4.90 Å². The normalized spacial score (nSPS) is 11.2. The summed E-state index contributed by atoms with van der Waals surface area (Å²) in [4.78, 5) is 17.4. The largest absolute Gasteiger partial charge is 0.477 e. The highest BCUT2D eigenvalue weighted by molar-refractivity contribution is 5.85. The van der Waals surface area contributed by atoms with E-state index >= 15 is 0 Å². The van der Waals surface area contributed by atoms with Gasteiger partial charge in [-0.15, -0.1) is 0 Å². The van der Waals surface area contributed by atoms with E-state index in [1.54, 1.807) is 6.07 Å². The highest BCUT2D eigenvalue weighted by atomic mass is 16.4. The smallest absolute Gasteiger partial charge is 0.354 e. The summed E-state index contributed by atoms with van der Waals surface area (Å²) in [7, 11) is 0. The number of pyridine rings is 1. The summed E-state index contributed by atoms with van der Waals surface area (Å²) < 4.78 is 0. The Morgan fingerprint density at radius 2 is 2.11 bits per heavy atom. The molecule has 4 nitrogen and oxygen atoms in total. The second-order valence-electron chi connectivity index (χ2n) is 5.09. The van der Waals surface area contributed by atoms with Gasteiger partial charge in [0.05, 0.1) is 5.69 Å². The number of nitrogens with zero attached hydrogens (tertiary/aromatic N) is 2. The second kappa shape index (κ2) is 7.89. The van der Waals surface area contributed by atoms with Gasteiger partial charge in [-0.25, -0.2) is 9.78 Å². The first-order chi connectivity index (χ1) is 9.04. The van der Waals surface area contributed by atoms with Crippen molar-refractivity contribution in [2.45, 2.75) is 52.6 Å². The molecule has 0 aliphatic rings. The Balaban J connectivity index is 2.67. The van der Waals surface area contributed by atoms with Crippen LogP contribution in [0.3, 0.4) is 0 Å². The molecule has 0 amide bonds. The molecule has 106 valence electrons. The molecule has 1 N–H and O–H groups in total. The molecule has 4 heteroatoms.